The molecule has 7 heteroatoms. The molecule has 0 saturated heterocycles. The third kappa shape index (κ3) is 5.14. The molecule has 34 heavy (non-hydrogen) atoms. The van der Waals surface area contributed by atoms with Crippen molar-refractivity contribution in [2.24, 2.45) is 11.1 Å². The zero-order valence-electron chi connectivity index (χ0n) is 20.1. The summed E-state index contributed by atoms with van der Waals surface area (Å²) in [5, 5.41) is 4.41. The van der Waals surface area contributed by atoms with Gasteiger partial charge >= 0.3 is 6.09 Å². The quantitative estimate of drug-likeness (QED) is 0.511. The molecule has 2 amide bonds. The summed E-state index contributed by atoms with van der Waals surface area (Å²) in [4.78, 5) is 31.6. The predicted octanol–water partition coefficient (Wildman–Crippen LogP) is 5.43. The molecule has 2 aromatic rings. The maximum atomic E-state index is 12.8. The molecule has 2 unspecified atom stereocenters. The molecule has 1 aliphatic heterocycles. The molecule has 4 rings (SSSR count). The first kappa shape index (κ1) is 24.0. The average molecular weight is 465 g/mol. The number of rotatable bonds is 7. The fourth-order valence-corrected chi connectivity index (χ4v) is 4.62. The fourth-order valence-electron chi connectivity index (χ4n) is 4.62. The van der Waals surface area contributed by atoms with Gasteiger partial charge in [-0.25, -0.2) is 9.69 Å². The van der Waals surface area contributed by atoms with E-state index in [4.69, 9.17) is 14.3 Å². The highest BCUT2D eigenvalue weighted by Crippen LogP contribution is 2.44. The third-order valence-corrected chi connectivity index (χ3v) is 6.25. The normalized spacial score (nSPS) is 23.3. The maximum Gasteiger partial charge on any atom is 0.417 e. The van der Waals surface area contributed by atoms with Crippen LogP contribution in [0.4, 0.5) is 4.79 Å². The topological polar surface area (TPSA) is 77.4 Å². The Kier molecular flexibility index (Phi) is 7.03. The van der Waals surface area contributed by atoms with E-state index in [0.717, 1.165) is 34.6 Å². The third-order valence-electron chi connectivity index (χ3n) is 6.25. The second-order valence-electron chi connectivity index (χ2n) is 9.83. The van der Waals surface area contributed by atoms with Gasteiger partial charge in [-0.2, -0.15) is 0 Å². The van der Waals surface area contributed by atoms with E-state index in [1.807, 2.05) is 48.5 Å². The first-order valence-electron chi connectivity index (χ1n) is 11.7. The standard InChI is InChI=1S/C27H32N2O5/c1-18(29(17-30)26(31)33-27(2,3)4)24(19-11-7-5-8-12-19)32-22-16-15-21-23(22)28-34-25(21)20-13-9-6-10-14-20/h5-14,17-18,21-22,24-25H,15-16H2,1-4H3/t18-,21?,22+,24-,25?/m0/s1. The average Bonchev–Trinajstić information content (AvgIpc) is 3.40. The van der Waals surface area contributed by atoms with Gasteiger partial charge in [0.2, 0.25) is 6.41 Å². The van der Waals surface area contributed by atoms with Gasteiger partial charge in [-0.15, -0.1) is 0 Å². The van der Waals surface area contributed by atoms with E-state index in [1.54, 1.807) is 27.7 Å². The SMILES string of the molecule is C[C@@H]([C@H](O[C@@H]1CCC2C1=NOC2c1ccccc1)c1ccccc1)N(C=O)C(=O)OC(C)(C)C. The number of carbonyl (C=O) groups is 2. The highest BCUT2D eigenvalue weighted by Gasteiger charge is 2.46. The molecule has 0 radical (unpaired) electrons. The van der Waals surface area contributed by atoms with Crippen LogP contribution in [0.2, 0.25) is 0 Å². The van der Waals surface area contributed by atoms with Crippen molar-refractivity contribution in [3.8, 4) is 0 Å². The van der Waals surface area contributed by atoms with E-state index in [9.17, 15) is 9.59 Å². The lowest BCUT2D eigenvalue weighted by Crippen LogP contribution is -2.45. The van der Waals surface area contributed by atoms with Crippen LogP contribution in [0, 0.1) is 5.92 Å². The van der Waals surface area contributed by atoms with Crippen LogP contribution >= 0.6 is 0 Å². The summed E-state index contributed by atoms with van der Waals surface area (Å²) < 4.78 is 12.1. The Bertz CT molecular complexity index is 1020. The number of hydrogen-bond donors (Lipinski definition) is 0. The smallest absolute Gasteiger partial charge is 0.417 e. The predicted molar refractivity (Wildman–Crippen MR) is 128 cm³/mol. The lowest BCUT2D eigenvalue weighted by atomic mass is 9.94. The van der Waals surface area contributed by atoms with E-state index in [-0.39, 0.29) is 18.1 Å². The molecule has 5 atom stereocenters. The van der Waals surface area contributed by atoms with Gasteiger partial charge in [0, 0.05) is 5.92 Å². The highest BCUT2D eigenvalue weighted by molar-refractivity contribution is 5.94. The Morgan fingerprint density at radius 3 is 2.35 bits per heavy atom. The van der Waals surface area contributed by atoms with E-state index in [2.05, 4.69) is 17.3 Å². The van der Waals surface area contributed by atoms with Crippen LogP contribution in [-0.4, -0.2) is 40.9 Å². The summed E-state index contributed by atoms with van der Waals surface area (Å²) in [5.74, 6) is 0.146. The number of imide groups is 1. The van der Waals surface area contributed by atoms with Gasteiger partial charge in [-0.05, 0) is 51.7 Å². The van der Waals surface area contributed by atoms with Crippen LogP contribution in [0.25, 0.3) is 0 Å². The highest BCUT2D eigenvalue weighted by atomic mass is 16.6. The number of hydrogen-bond acceptors (Lipinski definition) is 6. The Hall–Kier alpha value is -3.19. The molecular formula is C27H32N2O5. The van der Waals surface area contributed by atoms with Crippen LogP contribution in [0.5, 0.6) is 0 Å². The molecule has 0 aromatic heterocycles. The Labute approximate surface area is 200 Å². The van der Waals surface area contributed by atoms with Gasteiger partial charge in [-0.3, -0.25) is 4.79 Å². The lowest BCUT2D eigenvalue weighted by molar-refractivity contribution is -0.123. The van der Waals surface area contributed by atoms with Gasteiger partial charge in [0.05, 0.1) is 11.8 Å². The number of oxime groups is 1. The van der Waals surface area contributed by atoms with Crippen LogP contribution in [0.3, 0.4) is 0 Å². The molecular weight excluding hydrogens is 432 g/mol. The number of benzene rings is 2. The van der Waals surface area contributed by atoms with Crippen molar-refractivity contribution in [2.45, 2.75) is 70.5 Å². The van der Waals surface area contributed by atoms with Gasteiger partial charge in [0.1, 0.15) is 17.8 Å². The molecule has 2 aromatic carbocycles. The van der Waals surface area contributed by atoms with Crippen LogP contribution in [0.1, 0.15) is 63.9 Å². The maximum absolute atomic E-state index is 12.8. The first-order valence-corrected chi connectivity index (χ1v) is 11.7. The number of carbonyl (C=O) groups excluding carboxylic acids is 2. The number of amides is 2. The molecule has 1 fully saturated rings. The summed E-state index contributed by atoms with van der Waals surface area (Å²) >= 11 is 0. The van der Waals surface area contributed by atoms with Gasteiger partial charge in [-0.1, -0.05) is 65.8 Å². The molecule has 0 bridgehead atoms. The lowest BCUT2D eigenvalue weighted by Gasteiger charge is -2.33. The van der Waals surface area contributed by atoms with Crippen molar-refractivity contribution < 1.29 is 23.9 Å². The first-order chi connectivity index (χ1) is 16.3. The molecule has 0 spiro atoms. The Morgan fingerprint density at radius 2 is 1.74 bits per heavy atom. The summed E-state index contributed by atoms with van der Waals surface area (Å²) in [7, 11) is 0. The number of nitrogens with zero attached hydrogens (tertiary/aromatic N) is 2. The van der Waals surface area contributed by atoms with Crippen LogP contribution < -0.4 is 0 Å². The van der Waals surface area contributed by atoms with E-state index >= 15 is 0 Å². The molecule has 0 N–H and O–H groups in total. The van der Waals surface area contributed by atoms with E-state index < -0.39 is 23.8 Å². The molecule has 1 aliphatic carbocycles. The number of ether oxygens (including phenoxy) is 2. The summed E-state index contributed by atoms with van der Waals surface area (Å²) in [6.45, 7) is 7.10. The molecule has 180 valence electrons. The van der Waals surface area contributed by atoms with Gasteiger partial charge in [0.25, 0.3) is 0 Å². The van der Waals surface area contributed by atoms with Crippen molar-refractivity contribution in [3.05, 3.63) is 71.8 Å². The zero-order valence-corrected chi connectivity index (χ0v) is 20.1. The Morgan fingerprint density at radius 1 is 1.09 bits per heavy atom. The van der Waals surface area contributed by atoms with Crippen molar-refractivity contribution in [1.29, 1.82) is 0 Å². The zero-order chi connectivity index (χ0) is 24.3. The molecule has 7 nitrogen and oxygen atoms in total. The van der Waals surface area contributed by atoms with Gasteiger partial charge in [0.15, 0.2) is 6.10 Å². The number of fused-ring (bicyclic) bond motifs is 1. The van der Waals surface area contributed by atoms with E-state index in [1.165, 1.54) is 0 Å². The second-order valence-corrected chi connectivity index (χ2v) is 9.83. The monoisotopic (exact) mass is 464 g/mol. The minimum Gasteiger partial charge on any atom is -0.443 e. The summed E-state index contributed by atoms with van der Waals surface area (Å²) in [5.41, 5.74) is 2.13. The van der Waals surface area contributed by atoms with Crippen LogP contribution in [0.15, 0.2) is 65.8 Å². The van der Waals surface area contributed by atoms with Crippen molar-refractivity contribution >= 4 is 18.2 Å². The molecule has 1 saturated carbocycles. The minimum atomic E-state index is -0.720. The van der Waals surface area contributed by atoms with Crippen molar-refractivity contribution in [3.63, 3.8) is 0 Å². The van der Waals surface area contributed by atoms with Gasteiger partial charge < -0.3 is 14.3 Å². The summed E-state index contributed by atoms with van der Waals surface area (Å²) in [6.07, 6.45) is 0.555. The second kappa shape index (κ2) is 9.97. The van der Waals surface area contributed by atoms with Crippen molar-refractivity contribution in [1.82, 2.24) is 4.90 Å². The molecule has 2 aliphatic rings. The van der Waals surface area contributed by atoms with Crippen molar-refractivity contribution in [2.75, 3.05) is 0 Å². The minimum absolute atomic E-state index is 0.120. The molecule has 1 heterocycles. The van der Waals surface area contributed by atoms with E-state index in [0.29, 0.717) is 6.41 Å². The fraction of sp³-hybridized carbons (Fsp3) is 0.444. The largest absolute Gasteiger partial charge is 0.443 e. The summed E-state index contributed by atoms with van der Waals surface area (Å²) in [6, 6.07) is 19.1. The Balaban J connectivity index is 1.55. The van der Waals surface area contributed by atoms with Crippen LogP contribution in [-0.2, 0) is 19.1 Å².